The van der Waals surface area contributed by atoms with Gasteiger partial charge in [0.2, 0.25) is 0 Å². The highest BCUT2D eigenvalue weighted by atomic mass is 32.3. The molecule has 4 N–H and O–H groups in total. The summed E-state index contributed by atoms with van der Waals surface area (Å²) in [5.41, 5.74) is 4.54. The number of hydrogen-bond donors (Lipinski definition) is 3. The lowest BCUT2D eigenvalue weighted by Crippen LogP contribution is -2.23. The van der Waals surface area contributed by atoms with E-state index in [0.29, 0.717) is 4.91 Å². The van der Waals surface area contributed by atoms with Crippen LogP contribution in [0.1, 0.15) is 49.4 Å². The third-order valence-electron chi connectivity index (χ3n) is 5.13. The summed E-state index contributed by atoms with van der Waals surface area (Å²) in [4.78, 5) is 12.9. The van der Waals surface area contributed by atoms with Crippen molar-refractivity contribution in [3.05, 3.63) is 50.1 Å². The molecule has 2 amide bonds. The van der Waals surface area contributed by atoms with Crippen molar-refractivity contribution in [2.75, 3.05) is 5.32 Å². The van der Waals surface area contributed by atoms with Crippen LogP contribution in [0.2, 0.25) is 0 Å². The fourth-order valence-electron chi connectivity index (χ4n) is 3.43. The second-order valence-corrected chi connectivity index (χ2v) is 10.8. The third kappa shape index (κ3) is 4.20. The van der Waals surface area contributed by atoms with Crippen molar-refractivity contribution in [2.45, 2.75) is 58.5 Å². The summed E-state index contributed by atoms with van der Waals surface area (Å²) in [7, 11) is -3.45. The van der Waals surface area contributed by atoms with Gasteiger partial charge in [-0.15, -0.1) is 4.36 Å². The van der Waals surface area contributed by atoms with E-state index in [2.05, 4.69) is 22.3 Å². The summed E-state index contributed by atoms with van der Waals surface area (Å²) >= 11 is 0.986. The molecule has 6 nitrogen and oxygen atoms in total. The molecule has 3 rings (SSSR count). The van der Waals surface area contributed by atoms with Gasteiger partial charge in [-0.05, 0) is 75.1 Å². The Morgan fingerprint density at radius 1 is 1.32 bits per heavy atom. The molecule has 8 heteroatoms. The monoisotopic (exact) mass is 421 g/mol. The van der Waals surface area contributed by atoms with Crippen LogP contribution in [0.3, 0.4) is 0 Å². The number of aryl methyl sites for hydroxylation is 2. The number of nitrogens with zero attached hydrogens (tertiary/aromatic N) is 1. The van der Waals surface area contributed by atoms with Crippen LogP contribution in [0.5, 0.6) is 0 Å². The maximum absolute atomic E-state index is 12.9. The highest BCUT2D eigenvalue weighted by Crippen LogP contribution is 2.40. The average Bonchev–Trinajstić information content (AvgIpc) is 3.01. The Balaban J connectivity index is 1.85. The van der Waals surface area contributed by atoms with Crippen molar-refractivity contribution in [1.29, 1.82) is 0 Å². The van der Waals surface area contributed by atoms with E-state index >= 15 is 0 Å². The zero-order valence-electron chi connectivity index (χ0n) is 16.5. The number of carbonyl (C=O) groups excluding carboxylic acids is 1. The van der Waals surface area contributed by atoms with Gasteiger partial charge in [0.05, 0.1) is 9.84 Å². The number of thioether (sulfide) groups is 1. The molecular weight excluding hydrogens is 394 g/mol. The smallest absolute Gasteiger partial charge is 0.354 e. The highest BCUT2D eigenvalue weighted by Gasteiger charge is 2.27. The molecule has 0 fully saturated rings. The molecule has 1 aromatic rings. The number of aliphatic hydroxyl groups is 1. The van der Waals surface area contributed by atoms with Crippen molar-refractivity contribution >= 4 is 33.4 Å². The number of carbonyl (C=O) groups is 1. The first-order valence-electron chi connectivity index (χ1n) is 9.31. The molecule has 0 spiro atoms. The molecule has 1 atom stereocenters. The molecule has 2 aliphatic carbocycles. The van der Waals surface area contributed by atoms with Gasteiger partial charge in [0.1, 0.15) is 9.92 Å². The molecule has 1 aromatic carbocycles. The van der Waals surface area contributed by atoms with Gasteiger partial charge in [-0.25, -0.2) is 14.1 Å². The SMILES string of the molecule is C=C(S/C(=C\C)S(N)(=O)=NC(=O)Nc1c2c(cc3c1CC3)CCC2)C(C)(C)O. The summed E-state index contributed by atoms with van der Waals surface area (Å²) in [5.74, 6) is 0. The van der Waals surface area contributed by atoms with E-state index < -0.39 is 21.5 Å². The summed E-state index contributed by atoms with van der Waals surface area (Å²) in [5, 5.41) is 18.8. The maximum atomic E-state index is 12.9. The Labute approximate surface area is 171 Å². The fraction of sp³-hybridized carbons (Fsp3) is 0.450. The van der Waals surface area contributed by atoms with Gasteiger partial charge < -0.3 is 10.4 Å². The molecule has 0 aliphatic heterocycles. The van der Waals surface area contributed by atoms with Crippen LogP contribution in [0.15, 0.2) is 32.2 Å². The molecule has 0 bridgehead atoms. The minimum atomic E-state index is -3.45. The number of benzene rings is 1. The van der Waals surface area contributed by atoms with Gasteiger partial charge in [0.25, 0.3) is 0 Å². The topological polar surface area (TPSA) is 105 Å². The summed E-state index contributed by atoms with van der Waals surface area (Å²) in [6.07, 6.45) is 6.51. The molecule has 152 valence electrons. The molecule has 0 aromatic heterocycles. The second kappa shape index (κ2) is 7.67. The van der Waals surface area contributed by atoms with Crippen LogP contribution < -0.4 is 10.5 Å². The number of anilines is 1. The first kappa shape index (κ1) is 21.1. The molecule has 1 unspecified atom stereocenters. The van der Waals surface area contributed by atoms with Gasteiger partial charge in [-0.1, -0.05) is 30.5 Å². The Hall–Kier alpha value is -1.61. The van der Waals surface area contributed by atoms with Crippen LogP contribution in [-0.4, -0.2) is 20.9 Å². The van der Waals surface area contributed by atoms with Crippen LogP contribution in [0, 0.1) is 0 Å². The number of urea groups is 1. The summed E-state index contributed by atoms with van der Waals surface area (Å²) < 4.78 is 16.9. The van der Waals surface area contributed by atoms with Crippen molar-refractivity contribution in [3.63, 3.8) is 0 Å². The van der Waals surface area contributed by atoms with Crippen molar-refractivity contribution in [3.8, 4) is 0 Å². The van der Waals surface area contributed by atoms with Crippen LogP contribution in [0.4, 0.5) is 10.5 Å². The third-order valence-corrected chi connectivity index (χ3v) is 8.52. The minimum absolute atomic E-state index is 0.195. The molecule has 0 saturated carbocycles. The number of amides is 2. The summed E-state index contributed by atoms with van der Waals surface area (Å²) in [6.45, 7) is 8.60. The van der Waals surface area contributed by atoms with Gasteiger partial charge in [-0.3, -0.25) is 0 Å². The molecule has 0 saturated heterocycles. The van der Waals surface area contributed by atoms with E-state index in [9.17, 15) is 14.1 Å². The first-order chi connectivity index (χ1) is 13.0. The molecular formula is C20H27N3O3S2. The van der Waals surface area contributed by atoms with E-state index in [4.69, 9.17) is 5.14 Å². The largest absolute Gasteiger partial charge is 0.385 e. The van der Waals surface area contributed by atoms with Gasteiger partial charge in [0, 0.05) is 10.6 Å². The molecule has 2 aliphatic rings. The fourth-order valence-corrected chi connectivity index (χ4v) is 5.65. The predicted molar refractivity (Wildman–Crippen MR) is 116 cm³/mol. The van der Waals surface area contributed by atoms with Crippen LogP contribution in [-0.2, 0) is 35.6 Å². The number of fused-ring (bicyclic) bond motifs is 2. The lowest BCUT2D eigenvalue weighted by Gasteiger charge is -2.25. The van der Waals surface area contributed by atoms with Crippen LogP contribution in [0.25, 0.3) is 0 Å². The van der Waals surface area contributed by atoms with Crippen molar-refractivity contribution < 1.29 is 14.1 Å². The van der Waals surface area contributed by atoms with Crippen molar-refractivity contribution in [2.24, 2.45) is 9.50 Å². The Bertz CT molecular complexity index is 997. The van der Waals surface area contributed by atoms with Crippen LogP contribution >= 0.6 is 11.8 Å². The normalized spacial score (nSPS) is 17.8. The first-order valence-corrected chi connectivity index (χ1v) is 11.7. The molecule has 0 radical (unpaired) electrons. The Kier molecular flexibility index (Phi) is 5.78. The predicted octanol–water partition coefficient (Wildman–Crippen LogP) is 4.03. The van der Waals surface area contributed by atoms with Gasteiger partial charge in [-0.2, -0.15) is 0 Å². The summed E-state index contributed by atoms with van der Waals surface area (Å²) in [6, 6.07) is 1.53. The number of nitrogens with two attached hydrogens (primary N) is 1. The van der Waals surface area contributed by atoms with E-state index in [1.165, 1.54) is 22.8 Å². The zero-order valence-corrected chi connectivity index (χ0v) is 18.1. The van der Waals surface area contributed by atoms with E-state index in [1.807, 2.05) is 0 Å². The van der Waals surface area contributed by atoms with Gasteiger partial charge in [0.15, 0.2) is 0 Å². The molecule has 0 heterocycles. The standard InChI is InChI=1S/C20H27N3O3S2/c1-5-17(27-12(2)20(3,4)25)28(21,26)23-19(24)22-18-15-8-6-7-13(15)11-14-9-10-16(14)18/h5,11,25H,2,6-10H2,1,3-4H3,(H3,21,22,23,24,26)/b17-5+. The minimum Gasteiger partial charge on any atom is -0.385 e. The second-order valence-electron chi connectivity index (χ2n) is 7.66. The lowest BCUT2D eigenvalue weighted by atomic mass is 9.83. The quantitative estimate of drug-likeness (QED) is 0.667. The molecule has 28 heavy (non-hydrogen) atoms. The number of hydrogen-bond acceptors (Lipinski definition) is 4. The zero-order chi connectivity index (χ0) is 20.7. The number of rotatable bonds is 5. The number of nitrogens with one attached hydrogen (secondary N) is 1. The lowest BCUT2D eigenvalue weighted by molar-refractivity contribution is 0.129. The van der Waals surface area contributed by atoms with Crippen molar-refractivity contribution in [1.82, 2.24) is 0 Å². The van der Waals surface area contributed by atoms with E-state index in [-0.39, 0.29) is 4.24 Å². The Morgan fingerprint density at radius 3 is 2.54 bits per heavy atom. The van der Waals surface area contributed by atoms with E-state index in [0.717, 1.165) is 55.1 Å². The average molecular weight is 422 g/mol. The Morgan fingerprint density at radius 2 is 1.96 bits per heavy atom. The van der Waals surface area contributed by atoms with Gasteiger partial charge >= 0.3 is 6.03 Å². The number of allylic oxidation sites excluding steroid dienone is 1. The van der Waals surface area contributed by atoms with E-state index in [1.54, 1.807) is 20.8 Å². The highest BCUT2D eigenvalue weighted by molar-refractivity contribution is 8.20. The maximum Gasteiger partial charge on any atom is 0.354 e.